The number of anilines is 1. The normalized spacial score (nSPS) is 10.8. The first-order valence-corrected chi connectivity index (χ1v) is 5.38. The molecule has 0 aliphatic carbocycles. The average molecular weight is 225 g/mol. The molecule has 1 aromatic rings. The average Bonchev–Trinajstić information content (AvgIpc) is 2.28. The van der Waals surface area contributed by atoms with Crippen LogP contribution in [0.5, 0.6) is 0 Å². The molecule has 90 valence electrons. The molecule has 0 saturated heterocycles. The highest BCUT2D eigenvalue weighted by Crippen LogP contribution is 2.04. The summed E-state index contributed by atoms with van der Waals surface area (Å²) >= 11 is 0. The van der Waals surface area contributed by atoms with E-state index in [0.717, 1.165) is 12.1 Å². The second kappa shape index (κ2) is 6.40. The van der Waals surface area contributed by atoms with Gasteiger partial charge in [-0.15, -0.1) is 0 Å². The third-order valence-corrected chi connectivity index (χ3v) is 2.09. The van der Waals surface area contributed by atoms with E-state index in [4.69, 9.17) is 9.84 Å². The lowest BCUT2D eigenvalue weighted by molar-refractivity contribution is 0.0844. The van der Waals surface area contributed by atoms with Crippen molar-refractivity contribution in [2.75, 3.05) is 25.1 Å². The highest BCUT2D eigenvalue weighted by molar-refractivity contribution is 5.27. The van der Waals surface area contributed by atoms with Crippen molar-refractivity contribution in [3.05, 3.63) is 18.0 Å². The molecule has 1 N–H and O–H groups in total. The molecule has 1 aromatic heterocycles. The zero-order valence-corrected chi connectivity index (χ0v) is 10.1. The predicted octanol–water partition coefficient (Wildman–Crippen LogP) is 0.830. The van der Waals surface area contributed by atoms with Crippen LogP contribution in [0.4, 0.5) is 5.95 Å². The molecule has 5 nitrogen and oxygen atoms in total. The molecule has 5 heteroatoms. The van der Waals surface area contributed by atoms with Gasteiger partial charge in [-0.25, -0.2) is 9.97 Å². The lowest BCUT2D eigenvalue weighted by atomic mass is 10.4. The summed E-state index contributed by atoms with van der Waals surface area (Å²) in [6.07, 6.45) is 3.50. The zero-order chi connectivity index (χ0) is 12.0. The van der Waals surface area contributed by atoms with Gasteiger partial charge in [-0.1, -0.05) is 0 Å². The molecule has 1 heterocycles. The van der Waals surface area contributed by atoms with Crippen molar-refractivity contribution in [2.24, 2.45) is 0 Å². The van der Waals surface area contributed by atoms with Crippen LogP contribution in [0.1, 0.15) is 19.4 Å². The Bertz CT molecular complexity index is 301. The van der Waals surface area contributed by atoms with Gasteiger partial charge in [0.15, 0.2) is 0 Å². The summed E-state index contributed by atoms with van der Waals surface area (Å²) in [7, 11) is 1.91. The van der Waals surface area contributed by atoms with Gasteiger partial charge in [-0.2, -0.15) is 0 Å². The molecule has 0 unspecified atom stereocenters. The van der Waals surface area contributed by atoms with E-state index >= 15 is 0 Å². The van der Waals surface area contributed by atoms with Crippen LogP contribution < -0.4 is 4.90 Å². The third-order valence-electron chi connectivity index (χ3n) is 2.09. The molecule has 0 spiro atoms. The first kappa shape index (κ1) is 12.9. The minimum atomic E-state index is -0.0273. The lowest BCUT2D eigenvalue weighted by Gasteiger charge is -2.17. The fraction of sp³-hybridized carbons (Fsp3) is 0.636. The molecular weight excluding hydrogens is 206 g/mol. The van der Waals surface area contributed by atoms with E-state index in [1.165, 1.54) is 0 Å². The SMILES string of the molecule is CC(C)OCCN(C)c1ncc(CO)cn1. The predicted molar refractivity (Wildman–Crippen MR) is 62.3 cm³/mol. The monoisotopic (exact) mass is 225 g/mol. The van der Waals surface area contributed by atoms with Crippen LogP contribution in [-0.2, 0) is 11.3 Å². The van der Waals surface area contributed by atoms with Gasteiger partial charge in [0.25, 0.3) is 0 Å². The fourth-order valence-corrected chi connectivity index (χ4v) is 1.15. The Morgan fingerprint density at radius 2 is 2.00 bits per heavy atom. The highest BCUT2D eigenvalue weighted by Gasteiger charge is 2.04. The summed E-state index contributed by atoms with van der Waals surface area (Å²) in [5, 5.41) is 8.86. The van der Waals surface area contributed by atoms with E-state index < -0.39 is 0 Å². The maximum Gasteiger partial charge on any atom is 0.225 e. The zero-order valence-electron chi connectivity index (χ0n) is 10.1. The molecule has 0 aliphatic rings. The van der Waals surface area contributed by atoms with E-state index in [2.05, 4.69) is 9.97 Å². The number of aliphatic hydroxyl groups is 1. The molecule has 0 bridgehead atoms. The van der Waals surface area contributed by atoms with Gasteiger partial charge in [0, 0.05) is 31.5 Å². The van der Waals surface area contributed by atoms with Gasteiger partial charge in [0.1, 0.15) is 0 Å². The Morgan fingerprint density at radius 3 is 2.50 bits per heavy atom. The number of hydrogen-bond acceptors (Lipinski definition) is 5. The number of hydrogen-bond donors (Lipinski definition) is 1. The van der Waals surface area contributed by atoms with Gasteiger partial charge >= 0.3 is 0 Å². The van der Waals surface area contributed by atoms with Crippen molar-refractivity contribution in [1.29, 1.82) is 0 Å². The maximum absolute atomic E-state index is 8.86. The van der Waals surface area contributed by atoms with Crippen LogP contribution in [0, 0.1) is 0 Å². The Labute approximate surface area is 96.1 Å². The van der Waals surface area contributed by atoms with Crippen molar-refractivity contribution in [3.8, 4) is 0 Å². The second-order valence-corrected chi connectivity index (χ2v) is 3.89. The largest absolute Gasteiger partial charge is 0.392 e. The molecule has 0 aromatic carbocycles. The van der Waals surface area contributed by atoms with Gasteiger partial charge in [0.05, 0.1) is 19.3 Å². The number of nitrogens with zero attached hydrogens (tertiary/aromatic N) is 3. The Hall–Kier alpha value is -1.20. The van der Waals surface area contributed by atoms with Crippen molar-refractivity contribution in [1.82, 2.24) is 9.97 Å². The van der Waals surface area contributed by atoms with E-state index in [-0.39, 0.29) is 12.7 Å². The minimum Gasteiger partial charge on any atom is -0.392 e. The second-order valence-electron chi connectivity index (χ2n) is 3.89. The van der Waals surface area contributed by atoms with E-state index in [0.29, 0.717) is 12.6 Å². The molecule has 0 fully saturated rings. The fourth-order valence-electron chi connectivity index (χ4n) is 1.15. The smallest absolute Gasteiger partial charge is 0.225 e. The number of ether oxygens (including phenoxy) is 1. The topological polar surface area (TPSA) is 58.5 Å². The lowest BCUT2D eigenvalue weighted by Crippen LogP contribution is -2.25. The van der Waals surface area contributed by atoms with Gasteiger partial charge in [-0.3, -0.25) is 0 Å². The van der Waals surface area contributed by atoms with Gasteiger partial charge < -0.3 is 14.7 Å². The number of likely N-dealkylation sites (N-methyl/N-ethyl adjacent to an activating group) is 1. The van der Waals surface area contributed by atoms with E-state index in [1.54, 1.807) is 12.4 Å². The Balaban J connectivity index is 2.43. The molecule has 0 radical (unpaired) electrons. The van der Waals surface area contributed by atoms with Crippen molar-refractivity contribution in [2.45, 2.75) is 26.6 Å². The molecule has 0 atom stereocenters. The molecule has 16 heavy (non-hydrogen) atoms. The van der Waals surface area contributed by atoms with Crippen LogP contribution in [0.25, 0.3) is 0 Å². The van der Waals surface area contributed by atoms with Crippen LogP contribution >= 0.6 is 0 Å². The summed E-state index contributed by atoms with van der Waals surface area (Å²) in [6, 6.07) is 0. The van der Waals surface area contributed by atoms with Crippen LogP contribution in [0.15, 0.2) is 12.4 Å². The first-order valence-electron chi connectivity index (χ1n) is 5.38. The standard InChI is InChI=1S/C11H19N3O2/c1-9(2)16-5-4-14(3)11-12-6-10(8-15)7-13-11/h6-7,9,15H,4-5,8H2,1-3H3. The Morgan fingerprint density at radius 1 is 1.38 bits per heavy atom. The molecule has 0 saturated carbocycles. The van der Waals surface area contributed by atoms with Crippen LogP contribution in [0.3, 0.4) is 0 Å². The number of rotatable bonds is 6. The van der Waals surface area contributed by atoms with E-state index in [1.807, 2.05) is 25.8 Å². The van der Waals surface area contributed by atoms with Crippen molar-refractivity contribution >= 4 is 5.95 Å². The maximum atomic E-state index is 8.86. The van der Waals surface area contributed by atoms with Crippen molar-refractivity contribution < 1.29 is 9.84 Å². The summed E-state index contributed by atoms with van der Waals surface area (Å²) in [6.45, 7) is 5.38. The van der Waals surface area contributed by atoms with Gasteiger partial charge in [-0.05, 0) is 13.8 Å². The quantitative estimate of drug-likeness (QED) is 0.777. The molecule has 0 amide bonds. The number of aliphatic hydroxyl groups excluding tert-OH is 1. The molecule has 1 rings (SSSR count). The highest BCUT2D eigenvalue weighted by atomic mass is 16.5. The summed E-state index contributed by atoms with van der Waals surface area (Å²) in [5.41, 5.74) is 0.718. The summed E-state index contributed by atoms with van der Waals surface area (Å²) < 4.78 is 5.44. The minimum absolute atomic E-state index is 0.0273. The summed E-state index contributed by atoms with van der Waals surface area (Å²) in [4.78, 5) is 10.2. The Kier molecular flexibility index (Phi) is 5.14. The number of aromatic nitrogens is 2. The molecule has 0 aliphatic heterocycles. The van der Waals surface area contributed by atoms with E-state index in [9.17, 15) is 0 Å². The summed E-state index contributed by atoms with van der Waals surface area (Å²) in [5.74, 6) is 0.643. The third kappa shape index (κ3) is 4.12. The van der Waals surface area contributed by atoms with Crippen LogP contribution in [0.2, 0.25) is 0 Å². The van der Waals surface area contributed by atoms with Gasteiger partial charge in [0.2, 0.25) is 5.95 Å². The van der Waals surface area contributed by atoms with Crippen molar-refractivity contribution in [3.63, 3.8) is 0 Å². The van der Waals surface area contributed by atoms with Crippen LogP contribution in [-0.4, -0.2) is 41.4 Å². The molecular formula is C11H19N3O2. The first-order chi connectivity index (χ1) is 7.63.